The molecule has 0 aromatic heterocycles. The second kappa shape index (κ2) is 7.71. The van der Waals surface area contributed by atoms with E-state index in [0.717, 1.165) is 5.56 Å². The van der Waals surface area contributed by atoms with Gasteiger partial charge in [0, 0.05) is 13.1 Å². The van der Waals surface area contributed by atoms with Gasteiger partial charge < -0.3 is 11.1 Å². The first-order chi connectivity index (χ1) is 10.3. The highest BCUT2D eigenvalue weighted by atomic mass is 32.2. The Hall–Kier alpha value is -1.44. The molecular weight excluding hydrogens is 302 g/mol. The van der Waals surface area contributed by atoms with Crippen LogP contribution >= 0.6 is 0 Å². The van der Waals surface area contributed by atoms with Gasteiger partial charge in [0.2, 0.25) is 15.9 Å². The molecule has 0 unspecified atom stereocenters. The van der Waals surface area contributed by atoms with E-state index in [1.807, 2.05) is 13.8 Å². The Labute approximate surface area is 132 Å². The highest BCUT2D eigenvalue weighted by molar-refractivity contribution is 7.89. The molecule has 7 heteroatoms. The molecule has 0 aliphatic carbocycles. The normalized spacial score (nSPS) is 12.2. The monoisotopic (exact) mass is 327 g/mol. The predicted octanol–water partition coefficient (Wildman–Crippen LogP) is 0.758. The van der Waals surface area contributed by atoms with Crippen LogP contribution in [0, 0.1) is 5.41 Å². The zero-order valence-corrected chi connectivity index (χ0v) is 13.9. The lowest BCUT2D eigenvalue weighted by Crippen LogP contribution is -2.45. The van der Waals surface area contributed by atoms with Crippen molar-refractivity contribution in [2.45, 2.75) is 38.0 Å². The minimum atomic E-state index is -3.67. The third-order valence-electron chi connectivity index (χ3n) is 4.18. The topological polar surface area (TPSA) is 115 Å². The molecule has 1 aromatic rings. The van der Waals surface area contributed by atoms with Crippen LogP contribution in [-0.2, 0) is 21.2 Å². The number of rotatable bonds is 8. The average molecular weight is 327 g/mol. The second-order valence-corrected chi connectivity index (χ2v) is 6.95. The SMILES string of the molecule is CCC(CC)(CN)C(=O)NCCc1ccc(S(N)(=O)=O)cc1. The minimum absolute atomic E-state index is 0.0267. The van der Waals surface area contributed by atoms with Crippen LogP contribution in [0.2, 0.25) is 0 Å². The van der Waals surface area contributed by atoms with E-state index in [9.17, 15) is 13.2 Å². The average Bonchev–Trinajstić information content (AvgIpc) is 2.49. The Balaban J connectivity index is 2.59. The van der Waals surface area contributed by atoms with E-state index >= 15 is 0 Å². The van der Waals surface area contributed by atoms with Crippen molar-refractivity contribution in [2.24, 2.45) is 16.3 Å². The van der Waals surface area contributed by atoms with E-state index in [1.54, 1.807) is 12.1 Å². The van der Waals surface area contributed by atoms with Crippen molar-refractivity contribution in [3.05, 3.63) is 29.8 Å². The van der Waals surface area contributed by atoms with Gasteiger partial charge in [0.1, 0.15) is 0 Å². The van der Waals surface area contributed by atoms with E-state index in [-0.39, 0.29) is 10.8 Å². The number of carbonyl (C=O) groups is 1. The van der Waals surface area contributed by atoms with E-state index in [4.69, 9.17) is 10.9 Å². The molecule has 124 valence electrons. The van der Waals surface area contributed by atoms with Gasteiger partial charge in [-0.3, -0.25) is 4.79 Å². The van der Waals surface area contributed by atoms with Gasteiger partial charge in [-0.05, 0) is 37.0 Å². The van der Waals surface area contributed by atoms with Crippen LogP contribution in [0.15, 0.2) is 29.2 Å². The smallest absolute Gasteiger partial charge is 0.238 e. The Morgan fingerprint density at radius 2 is 1.73 bits per heavy atom. The van der Waals surface area contributed by atoms with Crippen LogP contribution in [0.3, 0.4) is 0 Å². The molecule has 22 heavy (non-hydrogen) atoms. The van der Waals surface area contributed by atoms with Crippen molar-refractivity contribution >= 4 is 15.9 Å². The van der Waals surface area contributed by atoms with Crippen LogP contribution < -0.4 is 16.2 Å². The van der Waals surface area contributed by atoms with Crippen molar-refractivity contribution in [3.8, 4) is 0 Å². The summed E-state index contributed by atoms with van der Waals surface area (Å²) in [7, 11) is -3.67. The third-order valence-corrected chi connectivity index (χ3v) is 5.11. The molecule has 0 spiro atoms. The summed E-state index contributed by atoms with van der Waals surface area (Å²) in [6.07, 6.45) is 2.02. The molecule has 0 saturated carbocycles. The van der Waals surface area contributed by atoms with E-state index in [2.05, 4.69) is 5.32 Å². The lowest BCUT2D eigenvalue weighted by molar-refractivity contribution is -0.131. The summed E-state index contributed by atoms with van der Waals surface area (Å²) in [6.45, 7) is 4.73. The fourth-order valence-electron chi connectivity index (χ4n) is 2.31. The molecular formula is C15H25N3O3S. The molecule has 0 atom stereocenters. The first-order valence-electron chi connectivity index (χ1n) is 7.39. The molecule has 0 heterocycles. The molecule has 0 aliphatic heterocycles. The zero-order valence-electron chi connectivity index (χ0n) is 13.1. The maximum absolute atomic E-state index is 12.2. The summed E-state index contributed by atoms with van der Waals surface area (Å²) >= 11 is 0. The van der Waals surface area contributed by atoms with Gasteiger partial charge >= 0.3 is 0 Å². The highest BCUT2D eigenvalue weighted by Crippen LogP contribution is 2.24. The number of nitrogens with two attached hydrogens (primary N) is 2. The van der Waals surface area contributed by atoms with Gasteiger partial charge in [0.05, 0.1) is 10.3 Å². The number of amides is 1. The summed E-state index contributed by atoms with van der Waals surface area (Å²) < 4.78 is 22.3. The molecule has 0 fully saturated rings. The molecule has 6 nitrogen and oxygen atoms in total. The van der Waals surface area contributed by atoms with Gasteiger partial charge in [-0.1, -0.05) is 26.0 Å². The molecule has 0 saturated heterocycles. The number of hydrogen-bond donors (Lipinski definition) is 3. The fourth-order valence-corrected chi connectivity index (χ4v) is 2.82. The number of benzene rings is 1. The largest absolute Gasteiger partial charge is 0.355 e. The molecule has 1 aromatic carbocycles. The number of sulfonamides is 1. The number of primary sulfonamides is 1. The lowest BCUT2D eigenvalue weighted by Gasteiger charge is -2.28. The maximum Gasteiger partial charge on any atom is 0.238 e. The van der Waals surface area contributed by atoms with Gasteiger partial charge in [0.25, 0.3) is 0 Å². The number of hydrogen-bond acceptors (Lipinski definition) is 4. The molecule has 1 amide bonds. The second-order valence-electron chi connectivity index (χ2n) is 5.39. The summed E-state index contributed by atoms with van der Waals surface area (Å²) in [6, 6.07) is 6.33. The van der Waals surface area contributed by atoms with Crippen molar-refractivity contribution in [1.29, 1.82) is 0 Å². The molecule has 0 aliphatic rings. The predicted molar refractivity (Wildman–Crippen MR) is 86.6 cm³/mol. The van der Waals surface area contributed by atoms with Crippen LogP contribution in [0.1, 0.15) is 32.3 Å². The summed E-state index contributed by atoms with van der Waals surface area (Å²) in [4.78, 5) is 12.3. The van der Waals surface area contributed by atoms with E-state index < -0.39 is 15.4 Å². The Bertz CT molecular complexity index is 585. The number of nitrogens with one attached hydrogen (secondary N) is 1. The lowest BCUT2D eigenvalue weighted by atomic mass is 9.81. The van der Waals surface area contributed by atoms with Crippen molar-refractivity contribution in [3.63, 3.8) is 0 Å². The Morgan fingerprint density at radius 3 is 2.14 bits per heavy atom. The van der Waals surface area contributed by atoms with E-state index in [0.29, 0.717) is 32.4 Å². The first-order valence-corrected chi connectivity index (χ1v) is 8.94. The van der Waals surface area contributed by atoms with Crippen molar-refractivity contribution in [2.75, 3.05) is 13.1 Å². The first kappa shape index (κ1) is 18.6. The van der Waals surface area contributed by atoms with Crippen LogP contribution in [-0.4, -0.2) is 27.4 Å². The quantitative estimate of drug-likeness (QED) is 0.653. The zero-order chi connectivity index (χ0) is 16.8. The van der Waals surface area contributed by atoms with Crippen LogP contribution in [0.4, 0.5) is 0 Å². The van der Waals surface area contributed by atoms with Crippen molar-refractivity contribution in [1.82, 2.24) is 5.32 Å². The minimum Gasteiger partial charge on any atom is -0.355 e. The van der Waals surface area contributed by atoms with Gasteiger partial charge in [-0.15, -0.1) is 0 Å². The standard InChI is InChI=1S/C15H25N3O3S/c1-3-15(4-2,11-16)14(19)18-10-9-12-5-7-13(8-6-12)22(17,20)21/h5-8H,3-4,9-11,16H2,1-2H3,(H,18,19)(H2,17,20,21). The Kier molecular flexibility index (Phi) is 6.52. The van der Waals surface area contributed by atoms with E-state index in [1.165, 1.54) is 12.1 Å². The third kappa shape index (κ3) is 4.53. The summed E-state index contributed by atoms with van der Waals surface area (Å²) in [5.41, 5.74) is 6.17. The molecule has 0 bridgehead atoms. The van der Waals surface area contributed by atoms with Crippen molar-refractivity contribution < 1.29 is 13.2 Å². The highest BCUT2D eigenvalue weighted by Gasteiger charge is 2.32. The van der Waals surface area contributed by atoms with Gasteiger partial charge in [0.15, 0.2) is 0 Å². The summed E-state index contributed by atoms with van der Waals surface area (Å²) in [5, 5.41) is 7.95. The van der Waals surface area contributed by atoms with Gasteiger partial charge in [-0.25, -0.2) is 13.6 Å². The maximum atomic E-state index is 12.2. The number of carbonyl (C=O) groups excluding carboxylic acids is 1. The van der Waals surface area contributed by atoms with Crippen LogP contribution in [0.5, 0.6) is 0 Å². The molecule has 5 N–H and O–H groups in total. The molecule has 0 radical (unpaired) electrons. The van der Waals surface area contributed by atoms with Crippen LogP contribution in [0.25, 0.3) is 0 Å². The van der Waals surface area contributed by atoms with Gasteiger partial charge in [-0.2, -0.15) is 0 Å². The summed E-state index contributed by atoms with van der Waals surface area (Å²) in [5.74, 6) is -0.0267. The molecule has 1 rings (SSSR count). The Morgan fingerprint density at radius 1 is 1.18 bits per heavy atom. The fraction of sp³-hybridized carbons (Fsp3) is 0.533.